The molecule has 0 saturated carbocycles. The molecule has 1 heterocycles. The monoisotopic (exact) mass is 358 g/mol. The van der Waals surface area contributed by atoms with Crippen LogP contribution in [0.5, 0.6) is 0 Å². The SMILES string of the molecule is O=C(NCCNS(=O)(=O)c1ccc([N+](=O)[O-])cc1)C1CNCCO1. The first-order valence-corrected chi connectivity index (χ1v) is 8.72. The zero-order valence-electron chi connectivity index (χ0n) is 12.7. The van der Waals surface area contributed by atoms with Crippen LogP contribution in [0.3, 0.4) is 0 Å². The molecule has 3 N–H and O–H groups in total. The van der Waals surface area contributed by atoms with Gasteiger partial charge in [-0.25, -0.2) is 13.1 Å². The zero-order valence-corrected chi connectivity index (χ0v) is 13.5. The second-order valence-electron chi connectivity index (χ2n) is 5.00. The number of morpholine rings is 1. The van der Waals surface area contributed by atoms with Crippen LogP contribution in [0.15, 0.2) is 29.2 Å². The smallest absolute Gasteiger partial charge is 0.269 e. The Kier molecular flexibility index (Phi) is 6.20. The molecule has 1 fully saturated rings. The first-order chi connectivity index (χ1) is 11.4. The molecule has 2 rings (SSSR count). The van der Waals surface area contributed by atoms with Gasteiger partial charge < -0.3 is 15.4 Å². The van der Waals surface area contributed by atoms with Gasteiger partial charge >= 0.3 is 0 Å². The van der Waals surface area contributed by atoms with E-state index < -0.39 is 21.1 Å². The molecule has 1 unspecified atom stereocenters. The number of hydrogen-bond donors (Lipinski definition) is 3. The van der Waals surface area contributed by atoms with Crippen molar-refractivity contribution in [2.24, 2.45) is 0 Å². The number of carbonyl (C=O) groups is 1. The van der Waals surface area contributed by atoms with E-state index in [2.05, 4.69) is 15.4 Å². The number of nitro benzene ring substituents is 1. The van der Waals surface area contributed by atoms with E-state index in [4.69, 9.17) is 4.74 Å². The molecule has 132 valence electrons. The number of non-ortho nitro benzene ring substituents is 1. The summed E-state index contributed by atoms with van der Waals surface area (Å²) in [5.74, 6) is -0.309. The van der Waals surface area contributed by atoms with Gasteiger partial charge in [0, 0.05) is 38.3 Å². The Morgan fingerprint density at radius 1 is 1.33 bits per heavy atom. The summed E-state index contributed by atoms with van der Waals surface area (Å²) < 4.78 is 31.6. The first-order valence-electron chi connectivity index (χ1n) is 7.24. The molecular weight excluding hydrogens is 340 g/mol. The predicted molar refractivity (Wildman–Crippen MR) is 83.9 cm³/mol. The van der Waals surface area contributed by atoms with E-state index in [0.717, 1.165) is 24.3 Å². The zero-order chi connectivity index (χ0) is 17.6. The number of ether oxygens (including phenoxy) is 1. The van der Waals surface area contributed by atoms with Crippen LogP contribution in [0, 0.1) is 10.1 Å². The quantitative estimate of drug-likeness (QED) is 0.322. The van der Waals surface area contributed by atoms with Gasteiger partial charge in [-0.2, -0.15) is 0 Å². The Balaban J connectivity index is 1.80. The van der Waals surface area contributed by atoms with Crippen molar-refractivity contribution in [3.63, 3.8) is 0 Å². The Morgan fingerprint density at radius 2 is 2.04 bits per heavy atom. The molecule has 1 aliphatic heterocycles. The topological polar surface area (TPSA) is 140 Å². The number of benzene rings is 1. The standard InChI is InChI=1S/C13H18N4O6S/c18-13(12-9-14-7-8-23-12)15-5-6-16-24(21,22)11-3-1-10(2-4-11)17(19)20/h1-4,12,14,16H,5-9H2,(H,15,18). The highest BCUT2D eigenvalue weighted by molar-refractivity contribution is 7.89. The van der Waals surface area contributed by atoms with Gasteiger partial charge in [0.15, 0.2) is 0 Å². The van der Waals surface area contributed by atoms with Gasteiger partial charge in [0.25, 0.3) is 11.6 Å². The second kappa shape index (κ2) is 8.15. The number of carbonyl (C=O) groups excluding carboxylic acids is 1. The van der Waals surface area contributed by atoms with Crippen LogP contribution < -0.4 is 15.4 Å². The van der Waals surface area contributed by atoms with Crippen LogP contribution in [-0.2, 0) is 19.6 Å². The van der Waals surface area contributed by atoms with Crippen molar-refractivity contribution in [3.8, 4) is 0 Å². The fraction of sp³-hybridized carbons (Fsp3) is 0.462. The lowest BCUT2D eigenvalue weighted by atomic mass is 10.3. The lowest BCUT2D eigenvalue weighted by Crippen LogP contribution is -2.49. The summed E-state index contributed by atoms with van der Waals surface area (Å²) in [6, 6.07) is 4.54. The molecule has 10 nitrogen and oxygen atoms in total. The normalized spacial score (nSPS) is 18.1. The number of hydrogen-bond acceptors (Lipinski definition) is 7. The Morgan fingerprint density at radius 3 is 2.62 bits per heavy atom. The van der Waals surface area contributed by atoms with E-state index >= 15 is 0 Å². The fourth-order valence-corrected chi connectivity index (χ4v) is 3.08. The summed E-state index contributed by atoms with van der Waals surface area (Å²) in [5.41, 5.74) is -0.192. The molecule has 1 amide bonds. The summed E-state index contributed by atoms with van der Waals surface area (Å²) in [6.07, 6.45) is -0.579. The average molecular weight is 358 g/mol. The van der Waals surface area contributed by atoms with Crippen molar-refractivity contribution >= 4 is 21.6 Å². The molecule has 0 spiro atoms. The number of rotatable bonds is 7. The van der Waals surface area contributed by atoms with Gasteiger partial charge in [-0.15, -0.1) is 0 Å². The van der Waals surface area contributed by atoms with Gasteiger partial charge in [0.1, 0.15) is 6.10 Å². The van der Waals surface area contributed by atoms with Crippen LogP contribution in [0.1, 0.15) is 0 Å². The molecule has 1 aliphatic rings. The molecule has 0 aromatic heterocycles. The van der Waals surface area contributed by atoms with Gasteiger partial charge in [-0.3, -0.25) is 14.9 Å². The third-order valence-corrected chi connectivity index (χ3v) is 4.77. The number of nitrogens with zero attached hydrogens (tertiary/aromatic N) is 1. The Labute approximate surface area is 138 Å². The van der Waals surface area contributed by atoms with Crippen molar-refractivity contribution in [1.29, 1.82) is 0 Å². The molecule has 1 aromatic carbocycles. The predicted octanol–water partition coefficient (Wildman–Crippen LogP) is -1.02. The van der Waals surface area contributed by atoms with Crippen molar-refractivity contribution in [2.75, 3.05) is 32.8 Å². The van der Waals surface area contributed by atoms with Crippen LogP contribution in [-0.4, -0.2) is 58.1 Å². The van der Waals surface area contributed by atoms with E-state index in [1.54, 1.807) is 0 Å². The van der Waals surface area contributed by atoms with Crippen molar-refractivity contribution in [2.45, 2.75) is 11.0 Å². The van der Waals surface area contributed by atoms with Crippen molar-refractivity contribution in [3.05, 3.63) is 34.4 Å². The van der Waals surface area contributed by atoms with Gasteiger partial charge in [0.2, 0.25) is 10.0 Å². The van der Waals surface area contributed by atoms with E-state index in [1.807, 2.05) is 0 Å². The third-order valence-electron chi connectivity index (χ3n) is 3.29. The maximum atomic E-state index is 12.0. The fourth-order valence-electron chi connectivity index (χ4n) is 2.05. The molecule has 24 heavy (non-hydrogen) atoms. The lowest BCUT2D eigenvalue weighted by molar-refractivity contribution is -0.384. The summed E-state index contributed by atoms with van der Waals surface area (Å²) in [4.78, 5) is 21.6. The number of amides is 1. The first kappa shape index (κ1) is 18.3. The molecular formula is C13H18N4O6S. The van der Waals surface area contributed by atoms with Gasteiger partial charge in [-0.1, -0.05) is 0 Å². The van der Waals surface area contributed by atoms with Crippen molar-refractivity contribution < 1.29 is 22.9 Å². The lowest BCUT2D eigenvalue weighted by Gasteiger charge is -2.22. The minimum atomic E-state index is -3.79. The van der Waals surface area contributed by atoms with E-state index in [-0.39, 0.29) is 29.6 Å². The average Bonchev–Trinajstić information content (AvgIpc) is 2.59. The van der Waals surface area contributed by atoms with E-state index in [0.29, 0.717) is 19.7 Å². The number of nitrogens with one attached hydrogen (secondary N) is 3. The number of nitro groups is 1. The van der Waals surface area contributed by atoms with Gasteiger partial charge in [-0.05, 0) is 12.1 Å². The summed E-state index contributed by atoms with van der Waals surface area (Å²) >= 11 is 0. The third kappa shape index (κ3) is 4.96. The Bertz CT molecular complexity index is 685. The minimum absolute atomic E-state index is 0.00872. The summed E-state index contributed by atoms with van der Waals surface area (Å²) in [6.45, 7) is 1.65. The van der Waals surface area contributed by atoms with Gasteiger partial charge in [0.05, 0.1) is 16.4 Å². The highest BCUT2D eigenvalue weighted by Crippen LogP contribution is 2.15. The van der Waals surface area contributed by atoms with Crippen LogP contribution >= 0.6 is 0 Å². The molecule has 1 saturated heterocycles. The maximum absolute atomic E-state index is 12.0. The minimum Gasteiger partial charge on any atom is -0.366 e. The largest absolute Gasteiger partial charge is 0.366 e. The number of sulfonamides is 1. The molecule has 0 bridgehead atoms. The summed E-state index contributed by atoms with van der Waals surface area (Å²) in [7, 11) is -3.79. The highest BCUT2D eigenvalue weighted by atomic mass is 32.2. The summed E-state index contributed by atoms with van der Waals surface area (Å²) in [5, 5.41) is 16.2. The van der Waals surface area contributed by atoms with Crippen LogP contribution in [0.4, 0.5) is 5.69 Å². The molecule has 0 aliphatic carbocycles. The second-order valence-corrected chi connectivity index (χ2v) is 6.77. The molecule has 0 radical (unpaired) electrons. The van der Waals surface area contributed by atoms with E-state index in [9.17, 15) is 23.3 Å². The maximum Gasteiger partial charge on any atom is 0.269 e. The highest BCUT2D eigenvalue weighted by Gasteiger charge is 2.21. The van der Waals surface area contributed by atoms with E-state index in [1.165, 1.54) is 0 Å². The van der Waals surface area contributed by atoms with Crippen molar-refractivity contribution in [1.82, 2.24) is 15.4 Å². The Hall–Kier alpha value is -2.08. The molecule has 1 aromatic rings. The van der Waals surface area contributed by atoms with Crippen LogP contribution in [0.2, 0.25) is 0 Å². The molecule has 11 heteroatoms. The van der Waals surface area contributed by atoms with Crippen LogP contribution in [0.25, 0.3) is 0 Å². The molecule has 1 atom stereocenters.